The van der Waals surface area contributed by atoms with Crippen molar-refractivity contribution in [3.63, 3.8) is 0 Å². The van der Waals surface area contributed by atoms with E-state index in [0.717, 1.165) is 0 Å². The minimum Gasteiger partial charge on any atom is -0.480 e. The Morgan fingerprint density at radius 3 is 1.73 bits per heavy atom. The van der Waals surface area contributed by atoms with Crippen LogP contribution in [-0.2, 0) is 9.59 Å². The first-order valence-corrected chi connectivity index (χ1v) is 3.44. The van der Waals surface area contributed by atoms with Gasteiger partial charge in [-0.15, -0.1) is 0 Å². The normalized spacial score (nSPS) is 11.2. The molecule has 0 aliphatic rings. The largest absolute Gasteiger partial charge is 0.480 e. The zero-order valence-electron chi connectivity index (χ0n) is 6.56. The highest BCUT2D eigenvalue weighted by Crippen LogP contribution is 2.28. The van der Waals surface area contributed by atoms with E-state index in [0.29, 0.717) is 0 Å². The Balaban J connectivity index is 4.76. The number of hydrogen-bond acceptors (Lipinski definition) is 2. The lowest BCUT2D eigenvalue weighted by Gasteiger charge is -2.19. The van der Waals surface area contributed by atoms with E-state index < -0.39 is 17.4 Å². The minimum absolute atomic E-state index is 0.00579. The summed E-state index contributed by atoms with van der Waals surface area (Å²) >= 11 is 0. The standard InChI is InChI=1S/C7H11FO3/c1-3-7(4-2,5(8)9)6(10)11/h3-4H2,1-2H3,(H,10,11). The maximum Gasteiger partial charge on any atom is 0.320 e. The molecule has 0 atom stereocenters. The van der Waals surface area contributed by atoms with E-state index in [-0.39, 0.29) is 12.8 Å². The van der Waals surface area contributed by atoms with Crippen LogP contribution in [0.15, 0.2) is 0 Å². The summed E-state index contributed by atoms with van der Waals surface area (Å²) in [5.74, 6) is -1.38. The minimum atomic E-state index is -1.81. The zero-order chi connectivity index (χ0) is 9.07. The molecular weight excluding hydrogens is 151 g/mol. The number of carbonyl (C=O) groups excluding carboxylic acids is 1. The van der Waals surface area contributed by atoms with Crippen molar-refractivity contribution in [1.82, 2.24) is 0 Å². The molecule has 0 rings (SSSR count). The summed E-state index contributed by atoms with van der Waals surface area (Å²) in [4.78, 5) is 20.8. The van der Waals surface area contributed by atoms with Crippen LogP contribution < -0.4 is 0 Å². The van der Waals surface area contributed by atoms with Crippen LogP contribution in [0.5, 0.6) is 0 Å². The Bertz CT molecular complexity index is 157. The summed E-state index contributed by atoms with van der Waals surface area (Å²) in [6.45, 7) is 2.96. The van der Waals surface area contributed by atoms with Crippen molar-refractivity contribution in [3.05, 3.63) is 0 Å². The number of halogens is 1. The van der Waals surface area contributed by atoms with E-state index >= 15 is 0 Å². The Morgan fingerprint density at radius 1 is 1.36 bits per heavy atom. The molecule has 0 saturated carbocycles. The molecule has 0 aromatic carbocycles. The first kappa shape index (κ1) is 10.1. The Kier molecular flexibility index (Phi) is 3.17. The number of aliphatic carboxylic acids is 1. The lowest BCUT2D eigenvalue weighted by atomic mass is 9.83. The average molecular weight is 162 g/mol. The Labute approximate surface area is 64.2 Å². The second-order valence-electron chi connectivity index (χ2n) is 2.37. The fraction of sp³-hybridized carbons (Fsp3) is 0.714. The Hall–Kier alpha value is -0.930. The summed E-state index contributed by atoms with van der Waals surface area (Å²) in [5.41, 5.74) is -1.81. The highest BCUT2D eigenvalue weighted by Gasteiger charge is 2.43. The van der Waals surface area contributed by atoms with Crippen LogP contribution in [0.25, 0.3) is 0 Å². The molecule has 4 heteroatoms. The lowest BCUT2D eigenvalue weighted by molar-refractivity contribution is -0.160. The van der Waals surface area contributed by atoms with Crippen molar-refractivity contribution in [2.24, 2.45) is 5.41 Å². The number of rotatable bonds is 4. The maximum atomic E-state index is 12.3. The molecule has 3 nitrogen and oxygen atoms in total. The first-order chi connectivity index (χ1) is 5.01. The number of carbonyl (C=O) groups is 2. The molecule has 64 valence electrons. The van der Waals surface area contributed by atoms with E-state index in [1.807, 2.05) is 0 Å². The van der Waals surface area contributed by atoms with E-state index in [1.54, 1.807) is 0 Å². The zero-order valence-corrected chi connectivity index (χ0v) is 6.56. The number of hydrogen-bond donors (Lipinski definition) is 1. The highest BCUT2D eigenvalue weighted by atomic mass is 19.1. The second-order valence-corrected chi connectivity index (χ2v) is 2.37. The molecule has 0 heterocycles. The van der Waals surface area contributed by atoms with E-state index in [9.17, 15) is 14.0 Å². The monoisotopic (exact) mass is 162 g/mol. The quantitative estimate of drug-likeness (QED) is 0.501. The SMILES string of the molecule is CCC(CC)(C(=O)O)C(=O)F. The van der Waals surface area contributed by atoms with Crippen molar-refractivity contribution >= 4 is 12.0 Å². The van der Waals surface area contributed by atoms with Crippen molar-refractivity contribution in [2.45, 2.75) is 26.7 Å². The van der Waals surface area contributed by atoms with Gasteiger partial charge in [0, 0.05) is 0 Å². The van der Waals surface area contributed by atoms with Gasteiger partial charge in [0.25, 0.3) is 0 Å². The predicted molar refractivity (Wildman–Crippen MR) is 36.8 cm³/mol. The summed E-state index contributed by atoms with van der Waals surface area (Å²) in [6, 6.07) is -1.75. The second kappa shape index (κ2) is 3.46. The van der Waals surface area contributed by atoms with Gasteiger partial charge in [0.15, 0.2) is 5.41 Å². The summed E-state index contributed by atoms with van der Waals surface area (Å²) < 4.78 is 12.3. The topological polar surface area (TPSA) is 54.4 Å². The Morgan fingerprint density at radius 2 is 1.73 bits per heavy atom. The maximum absolute atomic E-state index is 12.3. The van der Waals surface area contributed by atoms with Gasteiger partial charge in [-0.25, -0.2) is 0 Å². The number of carboxylic acids is 1. The molecule has 0 aliphatic carbocycles. The van der Waals surface area contributed by atoms with Crippen LogP contribution >= 0.6 is 0 Å². The van der Waals surface area contributed by atoms with Gasteiger partial charge in [-0.3, -0.25) is 9.59 Å². The van der Waals surface area contributed by atoms with Gasteiger partial charge in [-0.05, 0) is 12.8 Å². The molecule has 0 saturated heterocycles. The third-order valence-corrected chi connectivity index (χ3v) is 1.99. The summed E-state index contributed by atoms with van der Waals surface area (Å²) in [6.07, 6.45) is -0.0116. The van der Waals surface area contributed by atoms with Crippen molar-refractivity contribution in [1.29, 1.82) is 0 Å². The van der Waals surface area contributed by atoms with E-state index in [1.165, 1.54) is 13.8 Å². The molecule has 0 fully saturated rings. The number of carboxylic acid groups (broad SMARTS) is 1. The fourth-order valence-electron chi connectivity index (χ4n) is 0.914. The van der Waals surface area contributed by atoms with Gasteiger partial charge < -0.3 is 5.11 Å². The van der Waals surface area contributed by atoms with Gasteiger partial charge in [0.1, 0.15) is 0 Å². The molecule has 0 spiro atoms. The molecule has 0 radical (unpaired) electrons. The third kappa shape index (κ3) is 1.56. The van der Waals surface area contributed by atoms with Gasteiger partial charge in [-0.2, -0.15) is 4.39 Å². The van der Waals surface area contributed by atoms with Gasteiger partial charge in [0.2, 0.25) is 0 Å². The predicted octanol–water partition coefficient (Wildman–Crippen LogP) is 1.37. The highest BCUT2D eigenvalue weighted by molar-refractivity contribution is 5.98. The van der Waals surface area contributed by atoms with Crippen LogP contribution in [0.4, 0.5) is 4.39 Å². The lowest BCUT2D eigenvalue weighted by Crippen LogP contribution is -2.35. The van der Waals surface area contributed by atoms with Crippen LogP contribution in [0.2, 0.25) is 0 Å². The smallest absolute Gasteiger partial charge is 0.320 e. The molecule has 0 aromatic heterocycles. The van der Waals surface area contributed by atoms with Crippen LogP contribution in [-0.4, -0.2) is 17.1 Å². The van der Waals surface area contributed by atoms with Crippen LogP contribution in [0, 0.1) is 5.41 Å². The molecule has 11 heavy (non-hydrogen) atoms. The van der Waals surface area contributed by atoms with Crippen molar-refractivity contribution < 1.29 is 19.1 Å². The molecule has 0 amide bonds. The fourth-order valence-corrected chi connectivity index (χ4v) is 0.914. The van der Waals surface area contributed by atoms with Gasteiger partial charge in [-0.1, -0.05) is 13.8 Å². The van der Waals surface area contributed by atoms with Crippen molar-refractivity contribution in [3.8, 4) is 0 Å². The first-order valence-electron chi connectivity index (χ1n) is 3.44. The van der Waals surface area contributed by atoms with Crippen LogP contribution in [0.3, 0.4) is 0 Å². The van der Waals surface area contributed by atoms with E-state index in [2.05, 4.69) is 0 Å². The third-order valence-electron chi connectivity index (χ3n) is 1.99. The van der Waals surface area contributed by atoms with Crippen molar-refractivity contribution in [2.75, 3.05) is 0 Å². The molecule has 1 N–H and O–H groups in total. The molecule has 0 aromatic rings. The van der Waals surface area contributed by atoms with E-state index in [4.69, 9.17) is 5.11 Å². The average Bonchev–Trinajstić information content (AvgIpc) is 1.90. The molecule has 0 bridgehead atoms. The summed E-state index contributed by atoms with van der Waals surface area (Å²) in [5, 5.41) is 8.53. The summed E-state index contributed by atoms with van der Waals surface area (Å²) in [7, 11) is 0. The van der Waals surface area contributed by atoms with Crippen LogP contribution in [0.1, 0.15) is 26.7 Å². The molecular formula is C7H11FO3. The van der Waals surface area contributed by atoms with Gasteiger partial charge in [0.05, 0.1) is 0 Å². The molecule has 0 unspecified atom stereocenters. The molecule has 0 aliphatic heterocycles. The van der Waals surface area contributed by atoms with Gasteiger partial charge >= 0.3 is 12.0 Å².